The Kier molecular flexibility index (Phi) is 3.68. The van der Waals surface area contributed by atoms with Gasteiger partial charge in [0.1, 0.15) is 0 Å². The Morgan fingerprint density at radius 3 is 2.27 bits per heavy atom. The second-order valence-corrected chi connectivity index (χ2v) is 5.86. The number of piperidine rings is 1. The maximum atomic E-state index is 3.33. The molecule has 4 unspecified atom stereocenters. The van der Waals surface area contributed by atoms with E-state index < -0.39 is 0 Å². The maximum absolute atomic E-state index is 3.33. The highest BCUT2D eigenvalue weighted by Gasteiger charge is 2.37. The number of rotatable bonds is 3. The number of nitrogens with one attached hydrogen (secondary N) is 1. The third-order valence-electron chi connectivity index (χ3n) is 4.21. The summed E-state index contributed by atoms with van der Waals surface area (Å²) in [6.45, 7) is 8.72. The van der Waals surface area contributed by atoms with Gasteiger partial charge >= 0.3 is 0 Å². The summed E-state index contributed by atoms with van der Waals surface area (Å²) in [7, 11) is 2.08. The van der Waals surface area contributed by atoms with Crippen molar-refractivity contribution in [3.05, 3.63) is 0 Å². The molecule has 1 saturated carbocycles. The Labute approximate surface area is 94.4 Å². The average Bonchev–Trinajstić information content (AvgIpc) is 2.10. The minimum atomic E-state index is 0.891. The van der Waals surface area contributed by atoms with E-state index in [1.807, 2.05) is 0 Å². The number of hydrogen-bond acceptors (Lipinski definition) is 2. The monoisotopic (exact) mass is 210 g/mol. The fourth-order valence-corrected chi connectivity index (χ4v) is 3.51. The van der Waals surface area contributed by atoms with Gasteiger partial charge in [0.25, 0.3) is 0 Å². The Balaban J connectivity index is 1.87. The van der Waals surface area contributed by atoms with E-state index in [-0.39, 0.29) is 0 Å². The van der Waals surface area contributed by atoms with Crippen molar-refractivity contribution in [3.8, 4) is 0 Å². The molecule has 1 aliphatic heterocycles. The summed E-state index contributed by atoms with van der Waals surface area (Å²) in [5.74, 6) is 2.74. The van der Waals surface area contributed by atoms with Crippen molar-refractivity contribution >= 4 is 0 Å². The smallest absolute Gasteiger partial charge is 0.0136 e. The highest BCUT2D eigenvalue weighted by Crippen LogP contribution is 2.35. The van der Waals surface area contributed by atoms with Crippen LogP contribution in [0.5, 0.6) is 0 Å². The first kappa shape index (κ1) is 11.4. The van der Waals surface area contributed by atoms with Crippen molar-refractivity contribution in [2.24, 2.45) is 17.8 Å². The molecule has 0 aromatic heterocycles. The Bertz CT molecular complexity index is 195. The zero-order valence-corrected chi connectivity index (χ0v) is 10.5. The van der Waals surface area contributed by atoms with E-state index >= 15 is 0 Å². The van der Waals surface area contributed by atoms with Crippen LogP contribution in [0.1, 0.15) is 33.1 Å². The molecule has 4 atom stereocenters. The normalized spacial score (nSPS) is 42.6. The fourth-order valence-electron chi connectivity index (χ4n) is 3.51. The highest BCUT2D eigenvalue weighted by molar-refractivity contribution is 4.92. The molecule has 1 N–H and O–H groups in total. The van der Waals surface area contributed by atoms with Gasteiger partial charge in [-0.2, -0.15) is 0 Å². The SMILES string of the molecule is CNCC1CCC1N1CC(C)CC(C)C1. The first-order valence-electron chi connectivity index (χ1n) is 6.59. The van der Waals surface area contributed by atoms with Crippen LogP contribution < -0.4 is 5.32 Å². The average molecular weight is 210 g/mol. The van der Waals surface area contributed by atoms with Gasteiger partial charge in [-0.15, -0.1) is 0 Å². The largest absolute Gasteiger partial charge is 0.319 e. The Morgan fingerprint density at radius 2 is 1.80 bits per heavy atom. The lowest BCUT2D eigenvalue weighted by atomic mass is 9.76. The van der Waals surface area contributed by atoms with E-state index in [2.05, 4.69) is 31.1 Å². The third kappa shape index (κ3) is 2.54. The minimum Gasteiger partial charge on any atom is -0.319 e. The number of hydrogen-bond donors (Lipinski definition) is 1. The van der Waals surface area contributed by atoms with Gasteiger partial charge in [-0.1, -0.05) is 13.8 Å². The summed E-state index contributed by atoms with van der Waals surface area (Å²) in [6.07, 6.45) is 4.30. The maximum Gasteiger partial charge on any atom is 0.0136 e. The molecule has 2 nitrogen and oxygen atoms in total. The number of nitrogens with zero attached hydrogens (tertiary/aromatic N) is 1. The first-order chi connectivity index (χ1) is 7.20. The van der Waals surface area contributed by atoms with E-state index in [0.29, 0.717) is 0 Å². The van der Waals surface area contributed by atoms with Crippen LogP contribution >= 0.6 is 0 Å². The Hall–Kier alpha value is -0.0800. The molecule has 0 spiro atoms. The van der Waals surface area contributed by atoms with Crippen LogP contribution in [0.15, 0.2) is 0 Å². The molecular formula is C13H26N2. The lowest BCUT2D eigenvalue weighted by Gasteiger charge is -2.48. The summed E-state index contributed by atoms with van der Waals surface area (Å²) in [6, 6.07) is 0.891. The van der Waals surface area contributed by atoms with Gasteiger partial charge in [0.05, 0.1) is 0 Å². The molecule has 0 radical (unpaired) electrons. The van der Waals surface area contributed by atoms with E-state index in [1.54, 1.807) is 0 Å². The molecule has 2 rings (SSSR count). The number of likely N-dealkylation sites (tertiary alicyclic amines) is 1. The van der Waals surface area contributed by atoms with E-state index in [4.69, 9.17) is 0 Å². The molecule has 0 aromatic carbocycles. The van der Waals surface area contributed by atoms with Crippen LogP contribution in [0.3, 0.4) is 0 Å². The predicted molar refractivity (Wildman–Crippen MR) is 65.0 cm³/mol. The second-order valence-electron chi connectivity index (χ2n) is 5.86. The molecule has 1 heterocycles. The third-order valence-corrected chi connectivity index (χ3v) is 4.21. The van der Waals surface area contributed by atoms with Crippen molar-refractivity contribution in [2.45, 2.75) is 39.2 Å². The summed E-state index contributed by atoms with van der Waals surface area (Å²) in [5.41, 5.74) is 0. The van der Waals surface area contributed by atoms with Crippen LogP contribution in [0, 0.1) is 17.8 Å². The molecule has 88 valence electrons. The summed E-state index contributed by atoms with van der Waals surface area (Å²) in [5, 5.41) is 3.33. The van der Waals surface area contributed by atoms with E-state index in [1.165, 1.54) is 38.9 Å². The molecule has 15 heavy (non-hydrogen) atoms. The van der Waals surface area contributed by atoms with Crippen molar-refractivity contribution < 1.29 is 0 Å². The van der Waals surface area contributed by atoms with Gasteiger partial charge < -0.3 is 5.32 Å². The van der Waals surface area contributed by atoms with Gasteiger partial charge in [0.2, 0.25) is 0 Å². The lowest BCUT2D eigenvalue weighted by molar-refractivity contribution is 0.0149. The van der Waals surface area contributed by atoms with Gasteiger partial charge in [-0.3, -0.25) is 4.90 Å². The van der Waals surface area contributed by atoms with Crippen molar-refractivity contribution in [3.63, 3.8) is 0 Å². The minimum absolute atomic E-state index is 0.891. The molecule has 2 fully saturated rings. The first-order valence-corrected chi connectivity index (χ1v) is 6.59. The van der Waals surface area contributed by atoms with Crippen LogP contribution in [0.4, 0.5) is 0 Å². The Morgan fingerprint density at radius 1 is 1.13 bits per heavy atom. The fraction of sp³-hybridized carbons (Fsp3) is 1.00. The topological polar surface area (TPSA) is 15.3 Å². The van der Waals surface area contributed by atoms with Gasteiger partial charge in [-0.25, -0.2) is 0 Å². The van der Waals surface area contributed by atoms with Crippen molar-refractivity contribution in [1.29, 1.82) is 0 Å². The standard InChI is InChI=1S/C13H26N2/c1-10-6-11(2)9-15(8-10)13-5-4-12(13)7-14-3/h10-14H,4-9H2,1-3H3. The van der Waals surface area contributed by atoms with Crippen LogP contribution in [0.2, 0.25) is 0 Å². The molecule has 2 heteroatoms. The van der Waals surface area contributed by atoms with E-state index in [0.717, 1.165) is 23.8 Å². The van der Waals surface area contributed by atoms with E-state index in [9.17, 15) is 0 Å². The summed E-state index contributed by atoms with van der Waals surface area (Å²) >= 11 is 0. The summed E-state index contributed by atoms with van der Waals surface area (Å²) < 4.78 is 0. The molecule has 1 saturated heterocycles. The van der Waals surface area contributed by atoms with Crippen molar-refractivity contribution in [2.75, 3.05) is 26.7 Å². The quantitative estimate of drug-likeness (QED) is 0.766. The van der Waals surface area contributed by atoms with Crippen LogP contribution in [-0.2, 0) is 0 Å². The van der Waals surface area contributed by atoms with Crippen LogP contribution in [-0.4, -0.2) is 37.6 Å². The molecule has 0 aromatic rings. The zero-order valence-electron chi connectivity index (χ0n) is 10.5. The van der Waals surface area contributed by atoms with Crippen LogP contribution in [0.25, 0.3) is 0 Å². The highest BCUT2D eigenvalue weighted by atomic mass is 15.2. The zero-order chi connectivity index (χ0) is 10.8. The van der Waals surface area contributed by atoms with Gasteiger partial charge in [-0.05, 0) is 50.6 Å². The van der Waals surface area contributed by atoms with Gasteiger partial charge in [0, 0.05) is 19.1 Å². The molecule has 0 amide bonds. The molecular weight excluding hydrogens is 184 g/mol. The lowest BCUT2D eigenvalue weighted by Crippen LogP contribution is -2.54. The predicted octanol–water partition coefficient (Wildman–Crippen LogP) is 1.96. The molecule has 1 aliphatic carbocycles. The second kappa shape index (κ2) is 4.84. The summed E-state index contributed by atoms with van der Waals surface area (Å²) in [4.78, 5) is 2.77. The van der Waals surface area contributed by atoms with Gasteiger partial charge in [0.15, 0.2) is 0 Å². The molecule has 2 aliphatic rings. The molecule has 0 bridgehead atoms. The van der Waals surface area contributed by atoms with Crippen molar-refractivity contribution in [1.82, 2.24) is 10.2 Å².